The van der Waals surface area contributed by atoms with Gasteiger partial charge >= 0.3 is 0 Å². The number of anilines is 2. The minimum atomic E-state index is -0.361. The van der Waals surface area contributed by atoms with Gasteiger partial charge in [0, 0.05) is 22.4 Å². The van der Waals surface area contributed by atoms with Gasteiger partial charge < -0.3 is 10.6 Å². The molecule has 1 aliphatic rings. The molecule has 7 heteroatoms. The quantitative estimate of drug-likeness (QED) is 0.430. The highest BCUT2D eigenvalue weighted by molar-refractivity contribution is 8.00. The number of thioether (sulfide) groups is 1. The summed E-state index contributed by atoms with van der Waals surface area (Å²) in [5.74, 6) is 0.167. The number of carbonyl (C=O) groups is 2. The number of thiophene rings is 1. The Balaban J connectivity index is 1.46. The summed E-state index contributed by atoms with van der Waals surface area (Å²) in [6, 6.07) is 20.2. The van der Waals surface area contributed by atoms with Gasteiger partial charge in [-0.3, -0.25) is 9.59 Å². The van der Waals surface area contributed by atoms with E-state index in [9.17, 15) is 14.9 Å². The Morgan fingerprint density at radius 1 is 1.15 bits per heavy atom. The summed E-state index contributed by atoms with van der Waals surface area (Å²) in [5, 5.41) is 15.9. The predicted molar refractivity (Wildman–Crippen MR) is 135 cm³/mol. The van der Waals surface area contributed by atoms with E-state index in [1.54, 1.807) is 0 Å². The van der Waals surface area contributed by atoms with Gasteiger partial charge in [-0.05, 0) is 61.4 Å². The van der Waals surface area contributed by atoms with Gasteiger partial charge in [0.05, 0.1) is 10.8 Å². The highest BCUT2D eigenvalue weighted by atomic mass is 32.2. The van der Waals surface area contributed by atoms with E-state index in [4.69, 9.17) is 0 Å². The first-order valence-corrected chi connectivity index (χ1v) is 12.6. The summed E-state index contributed by atoms with van der Waals surface area (Å²) in [7, 11) is 0. The van der Waals surface area contributed by atoms with Gasteiger partial charge in [0.25, 0.3) is 0 Å². The lowest BCUT2D eigenvalue weighted by atomic mass is 9.83. The summed E-state index contributed by atoms with van der Waals surface area (Å²) in [6.07, 6.45) is 2.76. The van der Waals surface area contributed by atoms with Gasteiger partial charge in [-0.1, -0.05) is 36.4 Å². The SMILES string of the molecule is CC(=O)Nc1cccc(SC(C)C(=O)Nc2sc3c(c2C#N)CCC(c2ccccc2)C3)c1. The average Bonchev–Trinajstić information content (AvgIpc) is 3.15. The highest BCUT2D eigenvalue weighted by Gasteiger charge is 2.28. The molecular weight excluding hydrogens is 450 g/mol. The second-order valence-corrected chi connectivity index (χ2v) is 10.6. The van der Waals surface area contributed by atoms with Crippen molar-refractivity contribution in [2.75, 3.05) is 10.6 Å². The number of hydrogen-bond acceptors (Lipinski definition) is 5. The Hall–Kier alpha value is -3.08. The number of nitriles is 1. The Morgan fingerprint density at radius 3 is 2.67 bits per heavy atom. The summed E-state index contributed by atoms with van der Waals surface area (Å²) >= 11 is 2.95. The smallest absolute Gasteiger partial charge is 0.238 e. The van der Waals surface area contributed by atoms with E-state index in [0.29, 0.717) is 22.2 Å². The van der Waals surface area contributed by atoms with Crippen molar-refractivity contribution in [3.8, 4) is 6.07 Å². The molecular formula is C26H25N3O2S2. The molecule has 2 amide bonds. The van der Waals surface area contributed by atoms with Crippen LogP contribution in [-0.4, -0.2) is 17.1 Å². The van der Waals surface area contributed by atoms with Crippen LogP contribution in [0.4, 0.5) is 10.7 Å². The van der Waals surface area contributed by atoms with Gasteiger partial charge in [-0.2, -0.15) is 5.26 Å². The van der Waals surface area contributed by atoms with Crippen molar-refractivity contribution in [2.45, 2.75) is 49.2 Å². The van der Waals surface area contributed by atoms with E-state index in [0.717, 1.165) is 29.7 Å². The molecule has 33 heavy (non-hydrogen) atoms. The fraction of sp³-hybridized carbons (Fsp3) is 0.269. The molecule has 2 aromatic carbocycles. The van der Waals surface area contributed by atoms with Crippen molar-refractivity contribution >= 4 is 45.6 Å². The van der Waals surface area contributed by atoms with E-state index < -0.39 is 0 Å². The summed E-state index contributed by atoms with van der Waals surface area (Å²) in [5.41, 5.74) is 3.73. The van der Waals surface area contributed by atoms with E-state index in [-0.39, 0.29) is 17.1 Å². The molecule has 1 aliphatic carbocycles. The van der Waals surface area contributed by atoms with Gasteiger partial charge in [-0.25, -0.2) is 0 Å². The van der Waals surface area contributed by atoms with E-state index in [1.807, 2.05) is 37.3 Å². The molecule has 0 aliphatic heterocycles. The summed E-state index contributed by atoms with van der Waals surface area (Å²) < 4.78 is 0. The molecule has 0 fully saturated rings. The van der Waals surface area contributed by atoms with Crippen LogP contribution in [0.3, 0.4) is 0 Å². The van der Waals surface area contributed by atoms with Crippen LogP contribution in [0.2, 0.25) is 0 Å². The number of amides is 2. The van der Waals surface area contributed by atoms with Gasteiger partial charge in [-0.15, -0.1) is 23.1 Å². The second kappa shape index (κ2) is 10.2. The topological polar surface area (TPSA) is 82.0 Å². The second-order valence-electron chi connectivity index (χ2n) is 8.13. The fourth-order valence-electron chi connectivity index (χ4n) is 4.12. The zero-order valence-corrected chi connectivity index (χ0v) is 20.2. The molecule has 0 saturated carbocycles. The molecule has 0 bridgehead atoms. The van der Waals surface area contributed by atoms with Crippen LogP contribution in [0, 0.1) is 11.3 Å². The monoisotopic (exact) mass is 475 g/mol. The van der Waals surface area contributed by atoms with Crippen LogP contribution in [-0.2, 0) is 22.4 Å². The first-order chi connectivity index (χ1) is 15.9. The van der Waals surface area contributed by atoms with Crippen molar-refractivity contribution in [2.24, 2.45) is 0 Å². The molecule has 5 nitrogen and oxygen atoms in total. The minimum Gasteiger partial charge on any atom is -0.326 e. The lowest BCUT2D eigenvalue weighted by Crippen LogP contribution is -2.22. The van der Waals surface area contributed by atoms with E-state index in [1.165, 1.54) is 40.5 Å². The van der Waals surface area contributed by atoms with Crippen LogP contribution in [0.5, 0.6) is 0 Å². The van der Waals surface area contributed by atoms with Crippen LogP contribution in [0.25, 0.3) is 0 Å². The first kappa shape index (κ1) is 23.1. The molecule has 0 saturated heterocycles. The largest absolute Gasteiger partial charge is 0.326 e. The van der Waals surface area contributed by atoms with Gasteiger partial charge in [0.15, 0.2) is 0 Å². The highest BCUT2D eigenvalue weighted by Crippen LogP contribution is 2.42. The third-order valence-electron chi connectivity index (χ3n) is 5.72. The van der Waals surface area contributed by atoms with Crippen molar-refractivity contribution in [1.29, 1.82) is 5.26 Å². The fourth-order valence-corrected chi connectivity index (χ4v) is 6.33. The Morgan fingerprint density at radius 2 is 1.94 bits per heavy atom. The Labute approximate surface area is 202 Å². The first-order valence-electron chi connectivity index (χ1n) is 10.9. The van der Waals surface area contributed by atoms with E-state index in [2.05, 4.69) is 41.0 Å². The van der Waals surface area contributed by atoms with Crippen molar-refractivity contribution in [3.05, 3.63) is 76.2 Å². The van der Waals surface area contributed by atoms with Crippen molar-refractivity contribution < 1.29 is 9.59 Å². The third kappa shape index (κ3) is 5.47. The van der Waals surface area contributed by atoms with Crippen molar-refractivity contribution in [3.63, 3.8) is 0 Å². The maximum absolute atomic E-state index is 12.9. The zero-order valence-electron chi connectivity index (χ0n) is 18.6. The predicted octanol–water partition coefficient (Wildman–Crippen LogP) is 5.97. The summed E-state index contributed by atoms with van der Waals surface area (Å²) in [6.45, 7) is 3.31. The third-order valence-corrected chi connectivity index (χ3v) is 7.98. The molecule has 0 radical (unpaired) electrons. The molecule has 168 valence electrons. The number of fused-ring (bicyclic) bond motifs is 1. The lowest BCUT2D eigenvalue weighted by Gasteiger charge is -2.22. The van der Waals surface area contributed by atoms with E-state index >= 15 is 0 Å². The average molecular weight is 476 g/mol. The Bertz CT molecular complexity index is 1210. The maximum atomic E-state index is 12.9. The number of nitrogens with zero attached hydrogens (tertiary/aromatic N) is 1. The normalized spacial score (nSPS) is 15.7. The Kier molecular flexibility index (Phi) is 7.17. The molecule has 3 aromatic rings. The van der Waals surface area contributed by atoms with Gasteiger partial charge in [0.2, 0.25) is 11.8 Å². The van der Waals surface area contributed by atoms with Crippen LogP contribution >= 0.6 is 23.1 Å². The number of nitrogens with one attached hydrogen (secondary N) is 2. The minimum absolute atomic E-state index is 0.136. The standard InChI is InChI=1S/C26H25N3O2S2/c1-16(32-21-10-6-9-20(14-21)28-17(2)30)25(31)29-26-23(15-27)22-12-11-19(13-24(22)33-26)18-7-4-3-5-8-18/h3-10,14,16,19H,11-13H2,1-2H3,(H,28,30)(H,29,31). The van der Waals surface area contributed by atoms with Crippen LogP contribution in [0.1, 0.15) is 47.8 Å². The number of benzene rings is 2. The molecule has 1 aromatic heterocycles. The molecule has 4 rings (SSSR count). The molecule has 1 heterocycles. The van der Waals surface area contributed by atoms with Crippen molar-refractivity contribution in [1.82, 2.24) is 0 Å². The molecule has 2 N–H and O–H groups in total. The molecule has 2 unspecified atom stereocenters. The summed E-state index contributed by atoms with van der Waals surface area (Å²) in [4.78, 5) is 26.3. The maximum Gasteiger partial charge on any atom is 0.238 e. The molecule has 2 atom stereocenters. The van der Waals surface area contributed by atoms with Gasteiger partial charge in [0.1, 0.15) is 11.1 Å². The number of hydrogen-bond donors (Lipinski definition) is 2. The number of carbonyl (C=O) groups excluding carboxylic acids is 2. The molecule has 0 spiro atoms. The lowest BCUT2D eigenvalue weighted by molar-refractivity contribution is -0.115. The number of rotatable bonds is 6. The van der Waals surface area contributed by atoms with Crippen LogP contribution in [0.15, 0.2) is 59.5 Å². The van der Waals surface area contributed by atoms with Crippen LogP contribution < -0.4 is 10.6 Å². The zero-order chi connectivity index (χ0) is 23.4.